The predicted octanol–water partition coefficient (Wildman–Crippen LogP) is 0.809. The summed E-state index contributed by atoms with van der Waals surface area (Å²) >= 11 is 0. The first kappa shape index (κ1) is 16.4. The molecule has 1 aliphatic carbocycles. The maximum absolute atomic E-state index is 12.3. The zero-order valence-corrected chi connectivity index (χ0v) is 14.1. The molecule has 126 valence electrons. The summed E-state index contributed by atoms with van der Waals surface area (Å²) in [6, 6.07) is 6.19. The molecule has 1 amide bonds. The van der Waals surface area contributed by atoms with E-state index in [2.05, 4.69) is 14.9 Å². The maximum atomic E-state index is 12.3. The molecule has 0 bridgehead atoms. The molecule has 2 fully saturated rings. The van der Waals surface area contributed by atoms with Crippen molar-refractivity contribution in [1.82, 2.24) is 14.9 Å². The van der Waals surface area contributed by atoms with Gasteiger partial charge >= 0.3 is 0 Å². The molecule has 23 heavy (non-hydrogen) atoms. The van der Waals surface area contributed by atoms with E-state index in [0.717, 1.165) is 32.0 Å². The van der Waals surface area contributed by atoms with Crippen molar-refractivity contribution in [2.75, 3.05) is 26.7 Å². The van der Waals surface area contributed by atoms with Crippen molar-refractivity contribution in [3.8, 4) is 0 Å². The van der Waals surface area contributed by atoms with Crippen molar-refractivity contribution >= 4 is 15.9 Å². The Morgan fingerprint density at radius 2 is 1.91 bits per heavy atom. The fraction of sp³-hybridized carbons (Fsp3) is 0.562. The van der Waals surface area contributed by atoms with E-state index in [4.69, 9.17) is 0 Å². The van der Waals surface area contributed by atoms with Crippen LogP contribution in [0.15, 0.2) is 29.2 Å². The first-order chi connectivity index (χ1) is 11.0. The number of carbonyl (C=O) groups is 1. The van der Waals surface area contributed by atoms with Crippen molar-refractivity contribution in [1.29, 1.82) is 0 Å². The largest absolute Gasteiger partial charge is 0.348 e. The molecule has 3 rings (SSSR count). The number of nitrogens with one attached hydrogen (secondary N) is 2. The Hall–Kier alpha value is -1.44. The zero-order chi connectivity index (χ0) is 16.4. The van der Waals surface area contributed by atoms with Gasteiger partial charge in [0.25, 0.3) is 5.91 Å². The van der Waals surface area contributed by atoms with Gasteiger partial charge in [-0.1, -0.05) is 0 Å². The quantitative estimate of drug-likeness (QED) is 0.805. The third-order valence-corrected chi connectivity index (χ3v) is 5.95. The van der Waals surface area contributed by atoms with Crippen molar-refractivity contribution in [3.63, 3.8) is 0 Å². The van der Waals surface area contributed by atoms with Crippen LogP contribution in [-0.2, 0) is 10.0 Å². The summed E-state index contributed by atoms with van der Waals surface area (Å²) in [6.07, 6.45) is 3.66. The molecular weight excluding hydrogens is 314 g/mol. The van der Waals surface area contributed by atoms with Gasteiger partial charge in [0.2, 0.25) is 10.0 Å². The molecule has 6 nitrogen and oxygen atoms in total. The van der Waals surface area contributed by atoms with Crippen molar-refractivity contribution in [2.45, 2.75) is 30.2 Å². The van der Waals surface area contributed by atoms with Gasteiger partial charge in [-0.15, -0.1) is 0 Å². The topological polar surface area (TPSA) is 78.5 Å². The average molecular weight is 337 g/mol. The molecule has 1 heterocycles. The fourth-order valence-corrected chi connectivity index (χ4v) is 3.68. The van der Waals surface area contributed by atoms with Crippen LogP contribution in [0.1, 0.15) is 29.6 Å². The Morgan fingerprint density at radius 1 is 1.22 bits per heavy atom. The van der Waals surface area contributed by atoms with Gasteiger partial charge in [-0.25, -0.2) is 13.1 Å². The van der Waals surface area contributed by atoms with E-state index in [-0.39, 0.29) is 16.8 Å². The lowest BCUT2D eigenvalue weighted by Gasteiger charge is -2.16. The number of rotatable bonds is 6. The number of carbonyl (C=O) groups excluding carboxylic acids is 1. The highest BCUT2D eigenvalue weighted by Crippen LogP contribution is 2.30. The Morgan fingerprint density at radius 3 is 2.52 bits per heavy atom. The van der Waals surface area contributed by atoms with Gasteiger partial charge < -0.3 is 10.2 Å². The van der Waals surface area contributed by atoms with Crippen LogP contribution in [0.3, 0.4) is 0 Å². The molecule has 1 aromatic carbocycles. The Bertz CT molecular complexity index is 668. The van der Waals surface area contributed by atoms with Crippen molar-refractivity contribution in [2.24, 2.45) is 5.92 Å². The summed E-state index contributed by atoms with van der Waals surface area (Å²) in [7, 11) is -2.10. The predicted molar refractivity (Wildman–Crippen MR) is 87.7 cm³/mol. The third-order valence-electron chi connectivity index (χ3n) is 4.52. The first-order valence-corrected chi connectivity index (χ1v) is 9.53. The summed E-state index contributed by atoms with van der Waals surface area (Å²) in [5.74, 6) is 0.725. The van der Waals surface area contributed by atoms with Gasteiger partial charge in [0.15, 0.2) is 0 Å². The second kappa shape index (κ2) is 6.59. The second-order valence-electron chi connectivity index (χ2n) is 6.39. The third kappa shape index (κ3) is 4.10. The number of sulfonamides is 1. The van der Waals surface area contributed by atoms with Crippen LogP contribution < -0.4 is 10.0 Å². The summed E-state index contributed by atoms with van der Waals surface area (Å²) in [4.78, 5) is 14.9. The number of amides is 1. The van der Waals surface area contributed by atoms with Crippen molar-refractivity contribution in [3.05, 3.63) is 29.8 Å². The second-order valence-corrected chi connectivity index (χ2v) is 8.28. The minimum Gasteiger partial charge on any atom is -0.348 e. The van der Waals surface area contributed by atoms with Crippen molar-refractivity contribution < 1.29 is 13.2 Å². The molecule has 0 radical (unpaired) electrons. The number of hydrogen-bond acceptors (Lipinski definition) is 4. The van der Waals surface area contributed by atoms with Gasteiger partial charge in [-0.3, -0.25) is 4.79 Å². The number of likely N-dealkylation sites (tertiary alicyclic amines) is 1. The Kier molecular flexibility index (Phi) is 4.70. The minimum atomic E-state index is -3.46. The van der Waals surface area contributed by atoms with Crippen LogP contribution in [-0.4, -0.2) is 51.9 Å². The highest BCUT2D eigenvalue weighted by Gasteiger charge is 2.29. The van der Waals surface area contributed by atoms with E-state index >= 15 is 0 Å². The smallest absolute Gasteiger partial charge is 0.251 e. The summed E-state index contributed by atoms with van der Waals surface area (Å²) in [5.41, 5.74) is 0.487. The van der Waals surface area contributed by atoms with Crippen LogP contribution in [0.4, 0.5) is 0 Å². The summed E-state index contributed by atoms with van der Waals surface area (Å²) in [6.45, 7) is 3.11. The van der Waals surface area contributed by atoms with Crippen LogP contribution in [0.2, 0.25) is 0 Å². The van der Waals surface area contributed by atoms with E-state index in [1.54, 1.807) is 12.1 Å². The van der Waals surface area contributed by atoms with E-state index in [1.807, 2.05) is 0 Å². The number of benzene rings is 1. The maximum Gasteiger partial charge on any atom is 0.251 e. The number of nitrogens with zero attached hydrogens (tertiary/aromatic N) is 1. The lowest BCUT2D eigenvalue weighted by atomic mass is 10.2. The lowest BCUT2D eigenvalue weighted by molar-refractivity contribution is 0.0937. The van der Waals surface area contributed by atoms with E-state index in [1.165, 1.54) is 32.0 Å². The average Bonchev–Trinajstić information content (AvgIpc) is 3.26. The molecule has 7 heteroatoms. The van der Waals surface area contributed by atoms with Gasteiger partial charge in [-0.05, 0) is 56.5 Å². The molecule has 1 saturated carbocycles. The zero-order valence-electron chi connectivity index (χ0n) is 13.3. The monoisotopic (exact) mass is 337 g/mol. The first-order valence-electron chi connectivity index (χ1n) is 8.05. The van der Waals surface area contributed by atoms with E-state index in [0.29, 0.717) is 5.56 Å². The van der Waals surface area contributed by atoms with E-state index < -0.39 is 10.0 Å². The standard InChI is InChI=1S/C16H23N3O3S/c1-17-23(21,22)15-6-4-13(5-7-15)16(20)18-14-8-9-19(11-14)10-12-2-3-12/h4-7,12,14,17H,2-3,8-11H2,1H3,(H,18,20). The Labute approximate surface area is 137 Å². The fourth-order valence-electron chi connectivity index (χ4n) is 2.95. The minimum absolute atomic E-state index is 0.142. The highest BCUT2D eigenvalue weighted by molar-refractivity contribution is 7.89. The Balaban J connectivity index is 1.56. The normalized spacial score (nSPS) is 22.2. The molecule has 1 unspecified atom stereocenters. The van der Waals surface area contributed by atoms with Crippen LogP contribution >= 0.6 is 0 Å². The van der Waals surface area contributed by atoms with Crippen LogP contribution in [0.5, 0.6) is 0 Å². The van der Waals surface area contributed by atoms with Gasteiger partial charge in [0.1, 0.15) is 0 Å². The van der Waals surface area contributed by atoms with Gasteiger partial charge in [0.05, 0.1) is 4.90 Å². The van der Waals surface area contributed by atoms with E-state index in [9.17, 15) is 13.2 Å². The molecule has 0 aromatic heterocycles. The molecule has 2 aliphatic rings. The SMILES string of the molecule is CNS(=O)(=O)c1ccc(C(=O)NC2CCN(CC3CC3)C2)cc1. The molecule has 1 aliphatic heterocycles. The van der Waals surface area contributed by atoms with Gasteiger partial charge in [0, 0.05) is 31.2 Å². The summed E-state index contributed by atoms with van der Waals surface area (Å²) < 4.78 is 25.6. The van der Waals surface area contributed by atoms with Crippen LogP contribution in [0.25, 0.3) is 0 Å². The summed E-state index contributed by atoms with van der Waals surface area (Å²) in [5, 5.41) is 3.05. The highest BCUT2D eigenvalue weighted by atomic mass is 32.2. The molecule has 1 saturated heterocycles. The molecule has 1 atom stereocenters. The molecule has 1 aromatic rings. The molecule has 2 N–H and O–H groups in total. The number of hydrogen-bond donors (Lipinski definition) is 2. The van der Waals surface area contributed by atoms with Gasteiger partial charge in [-0.2, -0.15) is 0 Å². The molecular formula is C16H23N3O3S. The van der Waals surface area contributed by atoms with Crippen LogP contribution in [0, 0.1) is 5.92 Å². The lowest BCUT2D eigenvalue weighted by Crippen LogP contribution is -2.37. The molecule has 0 spiro atoms.